The molecular formula is C14H14F3NO2. The first kappa shape index (κ1) is 14.4. The van der Waals surface area contributed by atoms with Gasteiger partial charge >= 0.3 is 12.1 Å². The highest BCUT2D eigenvalue weighted by Gasteiger charge is 2.34. The number of hydrogen-bond acceptors (Lipinski definition) is 1. The van der Waals surface area contributed by atoms with Crippen LogP contribution in [-0.4, -0.2) is 15.6 Å². The lowest BCUT2D eigenvalue weighted by molar-refractivity contribution is -0.137. The number of carbonyl (C=O) groups is 1. The molecule has 20 heavy (non-hydrogen) atoms. The van der Waals surface area contributed by atoms with Gasteiger partial charge in [0.05, 0.1) is 5.56 Å². The van der Waals surface area contributed by atoms with E-state index in [9.17, 15) is 18.0 Å². The fourth-order valence-corrected chi connectivity index (χ4v) is 2.37. The van der Waals surface area contributed by atoms with Crippen LogP contribution in [0.4, 0.5) is 13.2 Å². The van der Waals surface area contributed by atoms with Crippen LogP contribution in [0.1, 0.15) is 24.5 Å². The number of alkyl halides is 3. The molecule has 0 aliphatic rings. The topological polar surface area (TPSA) is 42.2 Å². The molecule has 2 rings (SSSR count). The van der Waals surface area contributed by atoms with Crippen LogP contribution in [0, 0.1) is 0 Å². The normalized spacial score (nSPS) is 12.0. The van der Waals surface area contributed by atoms with Crippen LogP contribution in [0.25, 0.3) is 10.9 Å². The number of fused-ring (bicyclic) bond motifs is 1. The van der Waals surface area contributed by atoms with Crippen LogP contribution >= 0.6 is 0 Å². The molecule has 6 heteroatoms. The number of nitrogens with zero attached hydrogens (tertiary/aromatic N) is 1. The van der Waals surface area contributed by atoms with Crippen molar-refractivity contribution in [2.24, 2.45) is 0 Å². The second-order valence-corrected chi connectivity index (χ2v) is 4.53. The van der Waals surface area contributed by atoms with Crippen molar-refractivity contribution >= 4 is 16.9 Å². The highest BCUT2D eigenvalue weighted by atomic mass is 19.4. The summed E-state index contributed by atoms with van der Waals surface area (Å²) in [6.07, 6.45) is -2.93. The van der Waals surface area contributed by atoms with Crippen LogP contribution in [-0.2, 0) is 23.9 Å². The average molecular weight is 285 g/mol. The van der Waals surface area contributed by atoms with Crippen molar-refractivity contribution in [3.05, 3.63) is 35.5 Å². The van der Waals surface area contributed by atoms with Crippen LogP contribution in [0.15, 0.2) is 24.4 Å². The Morgan fingerprint density at radius 1 is 1.35 bits per heavy atom. The van der Waals surface area contributed by atoms with Gasteiger partial charge in [0.25, 0.3) is 0 Å². The van der Waals surface area contributed by atoms with Crippen LogP contribution in [0.3, 0.4) is 0 Å². The molecule has 0 unspecified atom stereocenters. The van der Waals surface area contributed by atoms with Crippen molar-refractivity contribution in [2.45, 2.75) is 32.5 Å². The minimum absolute atomic E-state index is 0.0892. The predicted molar refractivity (Wildman–Crippen MR) is 68.6 cm³/mol. The molecule has 1 N–H and O–H groups in total. The van der Waals surface area contributed by atoms with Gasteiger partial charge in [0.15, 0.2) is 0 Å². The molecule has 3 nitrogen and oxygen atoms in total. The van der Waals surface area contributed by atoms with E-state index in [2.05, 4.69) is 0 Å². The van der Waals surface area contributed by atoms with Crippen molar-refractivity contribution in [3.63, 3.8) is 0 Å². The first-order chi connectivity index (χ1) is 9.34. The van der Waals surface area contributed by atoms with E-state index >= 15 is 0 Å². The second-order valence-electron chi connectivity index (χ2n) is 4.53. The van der Waals surface area contributed by atoms with Gasteiger partial charge in [-0.2, -0.15) is 13.2 Å². The van der Waals surface area contributed by atoms with Gasteiger partial charge in [-0.15, -0.1) is 0 Å². The number of benzene rings is 1. The van der Waals surface area contributed by atoms with E-state index in [1.807, 2.05) is 6.92 Å². The molecule has 0 fully saturated rings. The third-order valence-electron chi connectivity index (χ3n) is 3.24. The number of aryl methyl sites for hydroxylation is 2. The quantitative estimate of drug-likeness (QED) is 0.930. The van der Waals surface area contributed by atoms with Gasteiger partial charge in [0.1, 0.15) is 0 Å². The number of aromatic nitrogens is 1. The van der Waals surface area contributed by atoms with E-state index in [1.54, 1.807) is 16.8 Å². The van der Waals surface area contributed by atoms with E-state index < -0.39 is 17.7 Å². The molecule has 0 amide bonds. The lowest BCUT2D eigenvalue weighted by Gasteiger charge is -2.10. The summed E-state index contributed by atoms with van der Waals surface area (Å²) in [6, 6.07) is 4.03. The van der Waals surface area contributed by atoms with Crippen molar-refractivity contribution in [3.8, 4) is 0 Å². The van der Waals surface area contributed by atoms with Crippen LogP contribution in [0.5, 0.6) is 0 Å². The van der Waals surface area contributed by atoms with Crippen LogP contribution in [0.2, 0.25) is 0 Å². The van der Waals surface area contributed by atoms with Gasteiger partial charge in [-0.05, 0) is 31.0 Å². The van der Waals surface area contributed by atoms with Gasteiger partial charge in [0.2, 0.25) is 0 Å². The lowest BCUT2D eigenvalue weighted by atomic mass is 10.0. The average Bonchev–Trinajstić information content (AvgIpc) is 2.73. The Labute approximate surface area is 113 Å². The summed E-state index contributed by atoms with van der Waals surface area (Å²) in [5.74, 6) is -1.02. The van der Waals surface area contributed by atoms with E-state index in [0.717, 1.165) is 6.07 Å². The van der Waals surface area contributed by atoms with Crippen molar-refractivity contribution in [1.82, 2.24) is 4.57 Å². The fraction of sp³-hybridized carbons (Fsp3) is 0.357. The highest BCUT2D eigenvalue weighted by Crippen LogP contribution is 2.37. The first-order valence-corrected chi connectivity index (χ1v) is 6.24. The minimum atomic E-state index is -4.45. The predicted octanol–water partition coefficient (Wildman–Crippen LogP) is 3.70. The van der Waals surface area contributed by atoms with E-state index in [-0.39, 0.29) is 18.2 Å². The van der Waals surface area contributed by atoms with Crippen LogP contribution < -0.4 is 0 Å². The van der Waals surface area contributed by atoms with Crippen molar-refractivity contribution in [2.75, 3.05) is 0 Å². The molecule has 0 saturated heterocycles. The second kappa shape index (κ2) is 5.19. The summed E-state index contributed by atoms with van der Waals surface area (Å²) in [5, 5.41) is 8.82. The van der Waals surface area contributed by atoms with Gasteiger partial charge in [-0.3, -0.25) is 4.79 Å². The third-order valence-corrected chi connectivity index (χ3v) is 3.24. The molecule has 108 valence electrons. The third kappa shape index (κ3) is 2.64. The van der Waals surface area contributed by atoms with Gasteiger partial charge < -0.3 is 9.67 Å². The number of rotatable bonds is 4. The molecule has 2 aromatic rings. The summed E-state index contributed by atoms with van der Waals surface area (Å²) < 4.78 is 41.0. The summed E-state index contributed by atoms with van der Waals surface area (Å²) in [5.41, 5.74) is 0.211. The molecule has 0 bridgehead atoms. The minimum Gasteiger partial charge on any atom is -0.481 e. The van der Waals surface area contributed by atoms with Crippen molar-refractivity contribution < 1.29 is 23.1 Å². The number of carboxylic acid groups (broad SMARTS) is 1. The van der Waals surface area contributed by atoms with E-state index in [4.69, 9.17) is 5.11 Å². The highest BCUT2D eigenvalue weighted by molar-refractivity contribution is 5.88. The summed E-state index contributed by atoms with van der Waals surface area (Å²) in [7, 11) is 0. The molecular weight excluding hydrogens is 271 g/mol. The fourth-order valence-electron chi connectivity index (χ4n) is 2.37. The molecule has 0 aliphatic carbocycles. The number of hydrogen-bond donors (Lipinski definition) is 1. The molecule has 1 heterocycles. The van der Waals surface area contributed by atoms with Crippen molar-refractivity contribution in [1.29, 1.82) is 0 Å². The van der Waals surface area contributed by atoms with E-state index in [1.165, 1.54) is 6.07 Å². The molecule has 1 aromatic carbocycles. The Morgan fingerprint density at radius 2 is 2.05 bits per heavy atom. The first-order valence-electron chi connectivity index (χ1n) is 6.24. The molecule has 0 radical (unpaired) electrons. The maximum absolute atomic E-state index is 13.1. The summed E-state index contributed by atoms with van der Waals surface area (Å²) in [6.45, 7) is 2.37. The number of carboxylic acids is 1. The molecule has 0 atom stereocenters. The number of aliphatic carboxylic acids is 1. The molecule has 0 spiro atoms. The Morgan fingerprint density at radius 3 is 2.60 bits per heavy atom. The van der Waals surface area contributed by atoms with E-state index in [0.29, 0.717) is 17.6 Å². The smallest absolute Gasteiger partial charge is 0.417 e. The summed E-state index contributed by atoms with van der Waals surface area (Å²) >= 11 is 0. The van der Waals surface area contributed by atoms with Gasteiger partial charge in [-0.1, -0.05) is 6.07 Å². The zero-order valence-electron chi connectivity index (χ0n) is 10.9. The number of halogens is 3. The Kier molecular flexibility index (Phi) is 3.74. The van der Waals surface area contributed by atoms with Gasteiger partial charge in [0, 0.05) is 30.1 Å². The molecule has 0 aliphatic heterocycles. The standard InChI is InChI=1S/C14H14F3NO2/c1-2-18-8-9(6-7-12(19)20)13-10(14(15,16)17)4-3-5-11(13)18/h3-5,8H,2,6-7H2,1H3,(H,19,20). The Hall–Kier alpha value is -1.98. The molecule has 1 aromatic heterocycles. The maximum Gasteiger partial charge on any atom is 0.417 e. The summed E-state index contributed by atoms with van der Waals surface area (Å²) in [4.78, 5) is 10.6. The maximum atomic E-state index is 13.1. The molecule has 0 saturated carbocycles. The zero-order chi connectivity index (χ0) is 14.9. The Balaban J connectivity index is 2.64. The SMILES string of the molecule is CCn1cc(CCC(=O)O)c2c(C(F)(F)F)cccc21. The monoisotopic (exact) mass is 285 g/mol. The zero-order valence-corrected chi connectivity index (χ0v) is 10.9. The Bertz CT molecular complexity index is 644. The lowest BCUT2D eigenvalue weighted by Crippen LogP contribution is -2.06. The van der Waals surface area contributed by atoms with Gasteiger partial charge in [-0.25, -0.2) is 0 Å². The largest absolute Gasteiger partial charge is 0.481 e.